The summed E-state index contributed by atoms with van der Waals surface area (Å²) >= 11 is 0. The SMILES string of the molecule is c1cc2c(ccc3cc(-c4ncc5ncc(-c6ccc7c(ccc8cnccc87)c6)c-5cn4)ccc32)cn1. The van der Waals surface area contributed by atoms with E-state index in [1.54, 1.807) is 0 Å². The van der Waals surface area contributed by atoms with Crippen LogP contribution in [0.15, 0.2) is 116 Å². The van der Waals surface area contributed by atoms with E-state index >= 15 is 0 Å². The van der Waals surface area contributed by atoms with E-state index in [0.717, 1.165) is 44.1 Å². The predicted octanol–water partition coefficient (Wildman–Crippen LogP) is 7.71. The lowest BCUT2D eigenvalue weighted by atomic mass is 9.97. The van der Waals surface area contributed by atoms with Crippen LogP contribution in [0.3, 0.4) is 0 Å². The van der Waals surface area contributed by atoms with Crippen LogP contribution in [0.25, 0.3) is 76.9 Å². The first-order valence-corrected chi connectivity index (χ1v) is 12.5. The van der Waals surface area contributed by atoms with Gasteiger partial charge in [-0.05, 0) is 62.1 Å². The van der Waals surface area contributed by atoms with Crippen LogP contribution in [0.1, 0.15) is 0 Å². The first-order valence-electron chi connectivity index (χ1n) is 12.5. The second kappa shape index (κ2) is 8.11. The zero-order chi connectivity index (χ0) is 25.1. The number of hydrogen-bond donors (Lipinski definition) is 0. The fourth-order valence-electron chi connectivity index (χ4n) is 5.44. The summed E-state index contributed by atoms with van der Waals surface area (Å²) in [6, 6.07) is 25.6. The Labute approximate surface area is 217 Å². The Morgan fingerprint density at radius 2 is 0.947 bits per heavy atom. The van der Waals surface area contributed by atoms with E-state index < -0.39 is 0 Å². The van der Waals surface area contributed by atoms with Gasteiger partial charge in [0, 0.05) is 64.6 Å². The summed E-state index contributed by atoms with van der Waals surface area (Å²) in [7, 11) is 0. The highest BCUT2D eigenvalue weighted by Gasteiger charge is 2.15. The maximum absolute atomic E-state index is 4.80. The lowest BCUT2D eigenvalue weighted by Crippen LogP contribution is -1.85. The Kier molecular flexibility index (Phi) is 4.45. The van der Waals surface area contributed by atoms with Gasteiger partial charge in [-0.1, -0.05) is 48.5 Å². The predicted molar refractivity (Wildman–Crippen MR) is 153 cm³/mol. The zero-order valence-corrected chi connectivity index (χ0v) is 20.2. The van der Waals surface area contributed by atoms with Crippen LogP contribution in [0.2, 0.25) is 0 Å². The molecule has 2 aliphatic heterocycles. The summed E-state index contributed by atoms with van der Waals surface area (Å²) in [5, 5.41) is 9.40. The first-order chi connectivity index (χ1) is 18.8. The third-order valence-electron chi connectivity index (χ3n) is 7.37. The van der Waals surface area contributed by atoms with Crippen molar-refractivity contribution < 1.29 is 0 Å². The molecule has 2 aromatic heterocycles. The summed E-state index contributed by atoms with van der Waals surface area (Å²) in [5.74, 6) is 0.671. The number of benzene rings is 4. The van der Waals surface area contributed by atoms with E-state index in [1.165, 1.54) is 26.9 Å². The molecule has 0 amide bonds. The lowest BCUT2D eigenvalue weighted by Gasteiger charge is -2.06. The van der Waals surface area contributed by atoms with Gasteiger partial charge >= 0.3 is 0 Å². The Balaban J connectivity index is 1.22. The molecule has 176 valence electrons. The molecule has 0 N–H and O–H groups in total. The standard InChI is InChI=1S/C33H19N5/c1-3-24-15-34-11-9-28(24)26-7-5-22(13-20(1)26)30-17-36-32-19-38-33(37-18-31(30)32)23-6-8-27-21(14-23)2-4-25-16-35-12-10-29(25)27/h1-19H. The Hall–Kier alpha value is -5.29. The van der Waals surface area contributed by atoms with E-state index in [4.69, 9.17) is 9.97 Å². The van der Waals surface area contributed by atoms with Crippen LogP contribution in [0.4, 0.5) is 0 Å². The summed E-state index contributed by atoms with van der Waals surface area (Å²) < 4.78 is 0. The molecule has 4 aromatic carbocycles. The molecule has 0 fully saturated rings. The molecule has 0 radical (unpaired) electrons. The quantitative estimate of drug-likeness (QED) is 0.235. The van der Waals surface area contributed by atoms with Crippen molar-refractivity contribution in [3.8, 4) is 33.8 Å². The van der Waals surface area contributed by atoms with E-state index in [2.05, 4.69) is 87.7 Å². The first kappa shape index (κ1) is 20.9. The summed E-state index contributed by atoms with van der Waals surface area (Å²) in [4.78, 5) is 22.7. The number of fused-ring (bicyclic) bond motifs is 7. The van der Waals surface area contributed by atoms with Crippen LogP contribution in [-0.4, -0.2) is 24.9 Å². The maximum Gasteiger partial charge on any atom is 0.159 e. The van der Waals surface area contributed by atoms with Crippen molar-refractivity contribution in [3.63, 3.8) is 0 Å². The van der Waals surface area contributed by atoms with Gasteiger partial charge in [0.05, 0.1) is 11.9 Å². The van der Waals surface area contributed by atoms with Crippen molar-refractivity contribution in [2.75, 3.05) is 0 Å². The van der Waals surface area contributed by atoms with Crippen LogP contribution in [0, 0.1) is 0 Å². The Bertz CT molecular complexity index is 2150. The van der Waals surface area contributed by atoms with Gasteiger partial charge in [-0.15, -0.1) is 0 Å². The molecule has 0 atom stereocenters. The van der Waals surface area contributed by atoms with Crippen LogP contribution in [-0.2, 0) is 0 Å². The fourth-order valence-corrected chi connectivity index (χ4v) is 5.44. The summed E-state index contributed by atoms with van der Waals surface area (Å²) in [5.41, 5.74) is 4.93. The van der Waals surface area contributed by atoms with Crippen molar-refractivity contribution in [1.82, 2.24) is 24.9 Å². The molecule has 0 bridgehead atoms. The largest absolute Gasteiger partial charge is 0.264 e. The highest BCUT2D eigenvalue weighted by Crippen LogP contribution is 2.36. The van der Waals surface area contributed by atoms with Gasteiger partial charge in [0.2, 0.25) is 0 Å². The summed E-state index contributed by atoms with van der Waals surface area (Å²) in [6.45, 7) is 0. The van der Waals surface area contributed by atoms with Gasteiger partial charge in [0.1, 0.15) is 0 Å². The van der Waals surface area contributed by atoms with Gasteiger partial charge < -0.3 is 0 Å². The van der Waals surface area contributed by atoms with E-state index in [-0.39, 0.29) is 0 Å². The molecule has 0 spiro atoms. The number of pyridine rings is 2. The molecule has 0 saturated carbocycles. The zero-order valence-electron chi connectivity index (χ0n) is 20.2. The average Bonchev–Trinajstić information content (AvgIpc) is 3.27. The molecule has 0 aliphatic carbocycles. The Morgan fingerprint density at radius 3 is 1.66 bits per heavy atom. The van der Waals surface area contributed by atoms with Crippen LogP contribution >= 0.6 is 0 Å². The molecule has 38 heavy (non-hydrogen) atoms. The van der Waals surface area contributed by atoms with Gasteiger partial charge in [0.25, 0.3) is 0 Å². The number of aromatic nitrogens is 5. The third-order valence-corrected chi connectivity index (χ3v) is 7.37. The normalized spacial score (nSPS) is 11.7. The number of nitrogens with zero attached hydrogens (tertiary/aromatic N) is 5. The fraction of sp³-hybridized carbons (Fsp3) is 0. The van der Waals surface area contributed by atoms with Gasteiger partial charge in [-0.3, -0.25) is 15.0 Å². The number of rotatable bonds is 2. The minimum absolute atomic E-state index is 0.671. The van der Waals surface area contributed by atoms with Crippen molar-refractivity contribution in [3.05, 3.63) is 116 Å². The van der Waals surface area contributed by atoms with E-state index in [1.807, 2.05) is 43.4 Å². The van der Waals surface area contributed by atoms with Crippen LogP contribution < -0.4 is 0 Å². The highest BCUT2D eigenvalue weighted by atomic mass is 14.9. The van der Waals surface area contributed by atoms with Gasteiger partial charge in [-0.2, -0.15) is 0 Å². The van der Waals surface area contributed by atoms with Gasteiger partial charge in [0.15, 0.2) is 5.82 Å². The monoisotopic (exact) mass is 485 g/mol. The van der Waals surface area contributed by atoms with Crippen molar-refractivity contribution >= 4 is 43.1 Å². The second-order valence-corrected chi connectivity index (χ2v) is 9.51. The number of hydrogen-bond acceptors (Lipinski definition) is 5. The molecule has 6 aromatic rings. The highest BCUT2D eigenvalue weighted by molar-refractivity contribution is 6.09. The topological polar surface area (TPSA) is 64.5 Å². The summed E-state index contributed by atoms with van der Waals surface area (Å²) in [6.07, 6.45) is 13.1. The molecule has 5 heteroatoms. The molecule has 8 rings (SSSR count). The maximum atomic E-state index is 4.80. The van der Waals surface area contributed by atoms with E-state index in [9.17, 15) is 0 Å². The average molecular weight is 486 g/mol. The minimum Gasteiger partial charge on any atom is -0.264 e. The van der Waals surface area contributed by atoms with Crippen LogP contribution in [0.5, 0.6) is 0 Å². The Morgan fingerprint density at radius 1 is 0.395 bits per heavy atom. The van der Waals surface area contributed by atoms with Crippen molar-refractivity contribution in [2.24, 2.45) is 0 Å². The smallest absolute Gasteiger partial charge is 0.159 e. The second-order valence-electron chi connectivity index (χ2n) is 9.51. The lowest BCUT2D eigenvalue weighted by molar-refractivity contribution is 1.23. The molecule has 0 unspecified atom stereocenters. The van der Waals surface area contributed by atoms with Crippen molar-refractivity contribution in [2.45, 2.75) is 0 Å². The third kappa shape index (κ3) is 3.22. The molecule has 0 saturated heterocycles. The van der Waals surface area contributed by atoms with Gasteiger partial charge in [-0.25, -0.2) is 9.97 Å². The molecular weight excluding hydrogens is 466 g/mol. The molecule has 5 nitrogen and oxygen atoms in total. The molecule has 2 aliphatic rings. The van der Waals surface area contributed by atoms with E-state index in [0.29, 0.717) is 5.82 Å². The minimum atomic E-state index is 0.671. The van der Waals surface area contributed by atoms with Crippen molar-refractivity contribution in [1.29, 1.82) is 0 Å². The molecule has 4 heterocycles. The molecular formula is C33H19N5.